The lowest BCUT2D eigenvalue weighted by molar-refractivity contribution is -0.125. The molecule has 0 aliphatic carbocycles. The molecule has 1 aromatic carbocycles. The van der Waals surface area contributed by atoms with Gasteiger partial charge >= 0.3 is 0 Å². The number of nitrogens with zero attached hydrogens (tertiary/aromatic N) is 2. The van der Waals surface area contributed by atoms with Gasteiger partial charge in [0, 0.05) is 25.4 Å². The predicted octanol–water partition coefficient (Wildman–Crippen LogP) is 1.49. The Labute approximate surface area is 124 Å². The molecule has 5 heteroatoms. The Morgan fingerprint density at radius 2 is 2.10 bits per heavy atom. The monoisotopic (exact) mass is 285 g/mol. The smallest absolute Gasteiger partial charge is 0.270 e. The molecule has 3 rings (SSSR count). The second-order valence-corrected chi connectivity index (χ2v) is 5.58. The maximum absolute atomic E-state index is 12.6. The molecule has 0 aromatic heterocycles. The number of hydrogen-bond acceptors (Lipinski definition) is 3. The first-order valence-corrected chi connectivity index (χ1v) is 7.44. The number of hydrazone groups is 1. The fourth-order valence-electron chi connectivity index (χ4n) is 3.00. The molecule has 1 unspecified atom stereocenters. The molecular weight excluding hydrogens is 266 g/mol. The average molecular weight is 285 g/mol. The molecule has 0 radical (unpaired) electrons. The highest BCUT2D eigenvalue weighted by Gasteiger charge is 2.32. The lowest BCUT2D eigenvalue weighted by Crippen LogP contribution is -2.43. The number of benzene rings is 1. The van der Waals surface area contributed by atoms with Crippen LogP contribution in [0.5, 0.6) is 0 Å². The van der Waals surface area contributed by atoms with Crippen molar-refractivity contribution in [3.8, 4) is 0 Å². The van der Waals surface area contributed by atoms with Crippen molar-refractivity contribution in [1.29, 1.82) is 0 Å². The van der Waals surface area contributed by atoms with Gasteiger partial charge in [0.15, 0.2) is 0 Å². The Kier molecular flexibility index (Phi) is 3.99. The average Bonchev–Trinajstić information content (AvgIpc) is 2.96. The molecule has 1 atom stereocenters. The highest BCUT2D eigenvalue weighted by molar-refractivity contribution is 6.39. The molecule has 1 fully saturated rings. The first-order valence-electron chi connectivity index (χ1n) is 7.44. The van der Waals surface area contributed by atoms with Crippen LogP contribution in [-0.4, -0.2) is 35.0 Å². The van der Waals surface area contributed by atoms with Crippen molar-refractivity contribution in [3.63, 3.8) is 0 Å². The third-order valence-electron chi connectivity index (χ3n) is 4.10. The second kappa shape index (κ2) is 6.08. The van der Waals surface area contributed by atoms with E-state index in [4.69, 9.17) is 0 Å². The number of amides is 2. The number of carbonyl (C=O) groups is 2. The van der Waals surface area contributed by atoms with E-state index < -0.39 is 0 Å². The third-order valence-corrected chi connectivity index (χ3v) is 4.10. The van der Waals surface area contributed by atoms with Gasteiger partial charge in [-0.25, -0.2) is 5.43 Å². The molecule has 110 valence electrons. The van der Waals surface area contributed by atoms with Crippen LogP contribution in [0.2, 0.25) is 0 Å². The summed E-state index contributed by atoms with van der Waals surface area (Å²) in [7, 11) is 0. The van der Waals surface area contributed by atoms with E-state index in [-0.39, 0.29) is 17.9 Å². The van der Waals surface area contributed by atoms with E-state index in [1.807, 2.05) is 23.1 Å². The minimum absolute atomic E-state index is 0.0200. The highest BCUT2D eigenvalue weighted by atomic mass is 16.2. The lowest BCUT2D eigenvalue weighted by atomic mass is 10.0. The Hall–Kier alpha value is -2.17. The summed E-state index contributed by atoms with van der Waals surface area (Å²) in [6.07, 6.45) is 3.73. The molecule has 1 saturated heterocycles. The standard InChI is InChI=1S/C16H19N3O2/c20-15-9-8-14(17-18-15)16(21)19-10-4-7-13(19)11-12-5-2-1-3-6-12/h1-3,5-6,13H,4,7-11H2,(H,18,20). The second-order valence-electron chi connectivity index (χ2n) is 5.58. The fourth-order valence-corrected chi connectivity index (χ4v) is 3.00. The predicted molar refractivity (Wildman–Crippen MR) is 79.7 cm³/mol. The minimum atomic E-state index is -0.117. The summed E-state index contributed by atoms with van der Waals surface area (Å²) >= 11 is 0. The molecule has 2 heterocycles. The van der Waals surface area contributed by atoms with Crippen molar-refractivity contribution in [3.05, 3.63) is 35.9 Å². The first-order chi connectivity index (χ1) is 10.2. The van der Waals surface area contributed by atoms with Gasteiger partial charge in [0.2, 0.25) is 5.91 Å². The molecule has 2 aliphatic rings. The lowest BCUT2D eigenvalue weighted by Gasteiger charge is -2.26. The van der Waals surface area contributed by atoms with Crippen LogP contribution in [0.3, 0.4) is 0 Å². The van der Waals surface area contributed by atoms with E-state index in [2.05, 4.69) is 22.7 Å². The zero-order valence-corrected chi connectivity index (χ0v) is 11.9. The molecule has 5 nitrogen and oxygen atoms in total. The van der Waals surface area contributed by atoms with Gasteiger partial charge in [-0.15, -0.1) is 0 Å². The summed E-state index contributed by atoms with van der Waals surface area (Å²) in [4.78, 5) is 25.6. The van der Waals surface area contributed by atoms with Crippen LogP contribution in [0, 0.1) is 0 Å². The normalized spacial score (nSPS) is 21.9. The molecule has 1 N–H and O–H groups in total. The molecule has 0 bridgehead atoms. The molecule has 1 aromatic rings. The largest absolute Gasteiger partial charge is 0.334 e. The summed E-state index contributed by atoms with van der Waals surface area (Å²) in [5.41, 5.74) is 4.13. The molecule has 0 spiro atoms. The quantitative estimate of drug-likeness (QED) is 0.914. The van der Waals surface area contributed by atoms with E-state index in [9.17, 15) is 9.59 Å². The number of rotatable bonds is 3. The van der Waals surface area contributed by atoms with Crippen molar-refractivity contribution in [1.82, 2.24) is 10.3 Å². The van der Waals surface area contributed by atoms with Crippen LogP contribution >= 0.6 is 0 Å². The van der Waals surface area contributed by atoms with E-state index >= 15 is 0 Å². The maximum Gasteiger partial charge on any atom is 0.270 e. The zero-order chi connectivity index (χ0) is 14.7. The van der Waals surface area contributed by atoms with Crippen molar-refractivity contribution < 1.29 is 9.59 Å². The van der Waals surface area contributed by atoms with E-state index in [1.54, 1.807) is 0 Å². The van der Waals surface area contributed by atoms with Crippen molar-refractivity contribution in [2.75, 3.05) is 6.54 Å². The first kappa shape index (κ1) is 13.8. The van der Waals surface area contributed by atoms with Crippen LogP contribution < -0.4 is 5.43 Å². The van der Waals surface area contributed by atoms with Gasteiger partial charge in [-0.05, 0) is 24.8 Å². The fraction of sp³-hybridized carbons (Fsp3) is 0.438. The summed E-state index contributed by atoms with van der Waals surface area (Å²) < 4.78 is 0. The zero-order valence-electron chi connectivity index (χ0n) is 11.9. The van der Waals surface area contributed by atoms with Crippen LogP contribution in [0.25, 0.3) is 0 Å². The van der Waals surface area contributed by atoms with Crippen LogP contribution in [0.1, 0.15) is 31.2 Å². The molecule has 2 aliphatic heterocycles. The molecule has 0 saturated carbocycles. The summed E-state index contributed by atoms with van der Waals surface area (Å²) in [5, 5.41) is 3.92. The van der Waals surface area contributed by atoms with Gasteiger partial charge in [0.1, 0.15) is 5.71 Å². The van der Waals surface area contributed by atoms with Crippen molar-refractivity contribution >= 4 is 17.5 Å². The van der Waals surface area contributed by atoms with Crippen molar-refractivity contribution in [2.45, 2.75) is 38.1 Å². The van der Waals surface area contributed by atoms with Crippen molar-refractivity contribution in [2.24, 2.45) is 5.10 Å². The third kappa shape index (κ3) is 3.12. The van der Waals surface area contributed by atoms with E-state index in [1.165, 1.54) is 5.56 Å². The summed E-state index contributed by atoms with van der Waals surface area (Å²) in [5.74, 6) is -0.137. The van der Waals surface area contributed by atoms with Gasteiger partial charge in [-0.1, -0.05) is 30.3 Å². The van der Waals surface area contributed by atoms with Crippen LogP contribution in [0.4, 0.5) is 0 Å². The topological polar surface area (TPSA) is 61.8 Å². The maximum atomic E-state index is 12.6. The van der Waals surface area contributed by atoms with Gasteiger partial charge in [0.05, 0.1) is 0 Å². The van der Waals surface area contributed by atoms with Crippen LogP contribution in [0.15, 0.2) is 35.4 Å². The summed E-state index contributed by atoms with van der Waals surface area (Å²) in [6.45, 7) is 0.781. The van der Waals surface area contributed by atoms with E-state index in [0.29, 0.717) is 18.6 Å². The number of nitrogens with one attached hydrogen (secondary N) is 1. The number of carbonyl (C=O) groups excluding carboxylic acids is 2. The van der Waals surface area contributed by atoms with Gasteiger partial charge in [-0.2, -0.15) is 5.10 Å². The highest BCUT2D eigenvalue weighted by Crippen LogP contribution is 2.22. The summed E-state index contributed by atoms with van der Waals surface area (Å²) in [6, 6.07) is 10.5. The Bertz CT molecular complexity index is 568. The van der Waals surface area contributed by atoms with Gasteiger partial charge < -0.3 is 4.90 Å². The van der Waals surface area contributed by atoms with Crippen LogP contribution in [-0.2, 0) is 16.0 Å². The van der Waals surface area contributed by atoms with E-state index in [0.717, 1.165) is 25.8 Å². The Balaban J connectivity index is 1.69. The molecule has 21 heavy (non-hydrogen) atoms. The molecular formula is C16H19N3O2. The minimum Gasteiger partial charge on any atom is -0.334 e. The van der Waals surface area contributed by atoms with Gasteiger partial charge in [-0.3, -0.25) is 9.59 Å². The van der Waals surface area contributed by atoms with Gasteiger partial charge in [0.25, 0.3) is 5.91 Å². The number of hydrogen-bond donors (Lipinski definition) is 1. The SMILES string of the molecule is O=C1CCC(C(=O)N2CCCC2Cc2ccccc2)=NN1. The Morgan fingerprint density at radius 1 is 1.29 bits per heavy atom. The number of likely N-dealkylation sites (tertiary alicyclic amines) is 1. The Morgan fingerprint density at radius 3 is 2.81 bits per heavy atom. The molecule has 2 amide bonds.